The molecule has 0 spiro atoms. The van der Waals surface area contributed by atoms with Crippen LogP contribution in [0.3, 0.4) is 0 Å². The van der Waals surface area contributed by atoms with Gasteiger partial charge in [-0.2, -0.15) is 11.3 Å². The van der Waals surface area contributed by atoms with Gasteiger partial charge >= 0.3 is 0 Å². The molecule has 2 rings (SSSR count). The van der Waals surface area contributed by atoms with E-state index in [4.69, 9.17) is 4.74 Å². The Morgan fingerprint density at radius 1 is 1.62 bits per heavy atom. The van der Waals surface area contributed by atoms with E-state index in [1.807, 2.05) is 0 Å². The minimum Gasteiger partial charge on any atom is -0.381 e. The molecule has 0 bridgehead atoms. The van der Waals surface area contributed by atoms with Gasteiger partial charge in [0.1, 0.15) is 0 Å². The van der Waals surface area contributed by atoms with E-state index in [1.165, 1.54) is 5.69 Å². The van der Waals surface area contributed by atoms with Gasteiger partial charge in [-0.1, -0.05) is 6.92 Å². The zero-order valence-electron chi connectivity index (χ0n) is 7.82. The summed E-state index contributed by atoms with van der Waals surface area (Å²) in [6.07, 6.45) is 1.12. The Morgan fingerprint density at radius 3 is 3.23 bits per heavy atom. The second-order valence-corrected chi connectivity index (χ2v) is 4.38. The number of hydrogen-bond donors (Lipinski definition) is 1. The zero-order chi connectivity index (χ0) is 9.10. The molecule has 1 saturated heterocycles. The minimum absolute atomic E-state index is 0.586. The molecule has 1 fully saturated rings. The normalized spacial score (nSPS) is 28.7. The van der Waals surface area contributed by atoms with Crippen molar-refractivity contribution in [3.05, 3.63) is 16.8 Å². The van der Waals surface area contributed by atoms with Crippen LogP contribution in [0, 0.1) is 5.92 Å². The first-order valence-corrected chi connectivity index (χ1v) is 5.67. The largest absolute Gasteiger partial charge is 0.381 e. The summed E-state index contributed by atoms with van der Waals surface area (Å²) in [4.78, 5) is 0. The molecule has 1 aromatic heterocycles. The van der Waals surface area contributed by atoms with Crippen molar-refractivity contribution in [1.29, 1.82) is 0 Å². The average molecular weight is 197 g/mol. The highest BCUT2D eigenvalue weighted by Crippen LogP contribution is 2.20. The molecular weight excluding hydrogens is 182 g/mol. The first kappa shape index (κ1) is 9.03. The third-order valence-electron chi connectivity index (χ3n) is 2.51. The fourth-order valence-corrected chi connectivity index (χ4v) is 2.25. The van der Waals surface area contributed by atoms with Crippen molar-refractivity contribution in [2.24, 2.45) is 5.92 Å². The predicted molar refractivity (Wildman–Crippen MR) is 56.3 cm³/mol. The van der Waals surface area contributed by atoms with Crippen LogP contribution in [0.25, 0.3) is 0 Å². The number of thiophene rings is 1. The van der Waals surface area contributed by atoms with Crippen molar-refractivity contribution in [2.75, 3.05) is 18.5 Å². The van der Waals surface area contributed by atoms with Crippen LogP contribution in [0.4, 0.5) is 5.69 Å². The third-order valence-corrected chi connectivity index (χ3v) is 3.20. The average Bonchev–Trinajstić information content (AvgIpc) is 2.61. The lowest BCUT2D eigenvalue weighted by Gasteiger charge is -2.29. The molecule has 0 aromatic carbocycles. The van der Waals surface area contributed by atoms with Gasteiger partial charge < -0.3 is 10.1 Å². The van der Waals surface area contributed by atoms with Gasteiger partial charge in [0.05, 0.1) is 6.61 Å². The summed E-state index contributed by atoms with van der Waals surface area (Å²) in [5.41, 5.74) is 1.25. The molecule has 1 aliphatic heterocycles. The molecule has 2 nitrogen and oxygen atoms in total. The highest BCUT2D eigenvalue weighted by atomic mass is 32.1. The maximum atomic E-state index is 5.39. The lowest BCUT2D eigenvalue weighted by molar-refractivity contribution is 0.0538. The SMILES string of the molecule is CC1COCCC1Nc1ccsc1. The standard InChI is InChI=1S/C10H15NOS/c1-8-6-12-4-2-10(8)11-9-3-5-13-7-9/h3,5,7-8,10-11H,2,4,6H2,1H3. The van der Waals surface area contributed by atoms with Crippen LogP contribution in [0.1, 0.15) is 13.3 Å². The van der Waals surface area contributed by atoms with E-state index in [-0.39, 0.29) is 0 Å². The monoisotopic (exact) mass is 197 g/mol. The molecule has 2 unspecified atom stereocenters. The molecule has 1 aromatic rings. The van der Waals surface area contributed by atoms with E-state index in [0.29, 0.717) is 12.0 Å². The van der Waals surface area contributed by atoms with Gasteiger partial charge in [-0.05, 0) is 23.8 Å². The van der Waals surface area contributed by atoms with Gasteiger partial charge in [0.25, 0.3) is 0 Å². The van der Waals surface area contributed by atoms with E-state index >= 15 is 0 Å². The molecule has 0 amide bonds. The first-order chi connectivity index (χ1) is 6.36. The molecule has 2 atom stereocenters. The fourth-order valence-electron chi connectivity index (χ4n) is 1.66. The minimum atomic E-state index is 0.586. The molecule has 1 aliphatic rings. The van der Waals surface area contributed by atoms with Crippen LogP contribution in [0.2, 0.25) is 0 Å². The maximum absolute atomic E-state index is 5.39. The van der Waals surface area contributed by atoms with Gasteiger partial charge in [-0.25, -0.2) is 0 Å². The van der Waals surface area contributed by atoms with E-state index in [2.05, 4.69) is 29.1 Å². The number of ether oxygens (including phenoxy) is 1. The molecule has 0 saturated carbocycles. The number of hydrogen-bond acceptors (Lipinski definition) is 3. The smallest absolute Gasteiger partial charge is 0.0511 e. The number of rotatable bonds is 2. The van der Waals surface area contributed by atoms with Crippen molar-refractivity contribution in [3.63, 3.8) is 0 Å². The van der Waals surface area contributed by atoms with Crippen molar-refractivity contribution >= 4 is 17.0 Å². The van der Waals surface area contributed by atoms with Crippen LogP contribution in [-0.2, 0) is 4.74 Å². The van der Waals surface area contributed by atoms with Crippen LogP contribution in [-0.4, -0.2) is 19.3 Å². The van der Waals surface area contributed by atoms with Gasteiger partial charge in [-0.3, -0.25) is 0 Å². The van der Waals surface area contributed by atoms with E-state index in [1.54, 1.807) is 11.3 Å². The number of anilines is 1. The molecule has 0 aliphatic carbocycles. The molecule has 72 valence electrons. The van der Waals surface area contributed by atoms with Gasteiger partial charge in [-0.15, -0.1) is 0 Å². The van der Waals surface area contributed by atoms with Crippen molar-refractivity contribution < 1.29 is 4.74 Å². The van der Waals surface area contributed by atoms with Gasteiger partial charge in [0, 0.05) is 23.7 Å². The van der Waals surface area contributed by atoms with Crippen LogP contribution in [0.5, 0.6) is 0 Å². The number of nitrogens with one attached hydrogen (secondary N) is 1. The summed E-state index contributed by atoms with van der Waals surface area (Å²) in [6.45, 7) is 4.02. The van der Waals surface area contributed by atoms with Crippen LogP contribution >= 0.6 is 11.3 Å². The molecule has 0 radical (unpaired) electrons. The molecule has 2 heterocycles. The zero-order valence-corrected chi connectivity index (χ0v) is 8.64. The van der Waals surface area contributed by atoms with Crippen molar-refractivity contribution in [2.45, 2.75) is 19.4 Å². The Balaban J connectivity index is 1.93. The van der Waals surface area contributed by atoms with Crippen molar-refractivity contribution in [1.82, 2.24) is 0 Å². The highest BCUT2D eigenvalue weighted by Gasteiger charge is 2.21. The van der Waals surface area contributed by atoms with Crippen LogP contribution < -0.4 is 5.32 Å². The summed E-state index contributed by atoms with van der Waals surface area (Å²) in [7, 11) is 0. The lowest BCUT2D eigenvalue weighted by atomic mass is 9.98. The van der Waals surface area contributed by atoms with E-state index in [9.17, 15) is 0 Å². The van der Waals surface area contributed by atoms with E-state index < -0.39 is 0 Å². The maximum Gasteiger partial charge on any atom is 0.0511 e. The highest BCUT2D eigenvalue weighted by molar-refractivity contribution is 7.08. The van der Waals surface area contributed by atoms with Gasteiger partial charge in [0.15, 0.2) is 0 Å². The van der Waals surface area contributed by atoms with Crippen molar-refractivity contribution in [3.8, 4) is 0 Å². The second-order valence-electron chi connectivity index (χ2n) is 3.60. The molecular formula is C10H15NOS. The van der Waals surface area contributed by atoms with Crippen LogP contribution in [0.15, 0.2) is 16.8 Å². The Labute approximate surface area is 82.9 Å². The second kappa shape index (κ2) is 4.11. The summed E-state index contributed by atoms with van der Waals surface area (Å²) in [5.74, 6) is 0.619. The van der Waals surface area contributed by atoms with E-state index in [0.717, 1.165) is 19.6 Å². The Bertz CT molecular complexity index is 247. The Kier molecular flexibility index (Phi) is 2.86. The fraction of sp³-hybridized carbons (Fsp3) is 0.600. The molecule has 3 heteroatoms. The lowest BCUT2D eigenvalue weighted by Crippen LogP contribution is -2.35. The Hall–Kier alpha value is -0.540. The summed E-state index contributed by atoms with van der Waals surface area (Å²) in [6, 6.07) is 2.72. The summed E-state index contributed by atoms with van der Waals surface area (Å²) < 4.78 is 5.39. The quantitative estimate of drug-likeness (QED) is 0.787. The summed E-state index contributed by atoms with van der Waals surface area (Å²) >= 11 is 1.74. The predicted octanol–water partition coefficient (Wildman–Crippen LogP) is 2.59. The third kappa shape index (κ3) is 2.23. The molecule has 1 N–H and O–H groups in total. The Morgan fingerprint density at radius 2 is 2.54 bits per heavy atom. The first-order valence-electron chi connectivity index (χ1n) is 4.73. The molecule has 13 heavy (non-hydrogen) atoms. The van der Waals surface area contributed by atoms with Gasteiger partial charge in [0.2, 0.25) is 0 Å². The summed E-state index contributed by atoms with van der Waals surface area (Å²) in [5, 5.41) is 7.80. The topological polar surface area (TPSA) is 21.3 Å².